The molecule has 168 valence electrons. The van der Waals surface area contributed by atoms with Crippen LogP contribution in [0.1, 0.15) is 0 Å². The number of methoxy groups -OCH3 is 1. The Kier molecular flexibility index (Phi) is 6.75. The molecule has 0 saturated carbocycles. The molecule has 0 atom stereocenters. The highest BCUT2D eigenvalue weighted by Crippen LogP contribution is 2.21. The van der Waals surface area contributed by atoms with E-state index >= 15 is 0 Å². The summed E-state index contributed by atoms with van der Waals surface area (Å²) in [5.41, 5.74) is 0. The Hall–Kier alpha value is -2.21. The Bertz CT molecular complexity index is 966. The number of ether oxygens (including phenoxy) is 1. The van der Waals surface area contributed by atoms with Crippen molar-refractivity contribution in [3.05, 3.63) is 35.8 Å². The molecule has 0 spiro atoms. The smallest absolute Gasteiger partial charge is 0.243 e. The van der Waals surface area contributed by atoms with Crippen LogP contribution in [0.3, 0.4) is 0 Å². The number of amides is 1. The van der Waals surface area contributed by atoms with Gasteiger partial charge in [0.05, 0.1) is 18.6 Å². The first-order valence-corrected chi connectivity index (χ1v) is 12.6. The van der Waals surface area contributed by atoms with Gasteiger partial charge in [-0.15, -0.1) is 11.3 Å². The number of piperazine rings is 2. The molecular formula is C20H27N5O4S2. The van der Waals surface area contributed by atoms with Gasteiger partial charge in [0.2, 0.25) is 15.9 Å². The molecule has 9 nitrogen and oxygen atoms in total. The van der Waals surface area contributed by atoms with E-state index in [1.165, 1.54) is 4.31 Å². The molecule has 1 amide bonds. The van der Waals surface area contributed by atoms with Crippen molar-refractivity contribution < 1.29 is 17.9 Å². The fraction of sp³-hybridized carbons (Fsp3) is 0.500. The number of carbonyl (C=O) groups excluding carboxylic acids is 1. The summed E-state index contributed by atoms with van der Waals surface area (Å²) in [5.74, 6) is 0.672. The molecule has 2 aliphatic heterocycles. The molecule has 0 unspecified atom stereocenters. The maximum Gasteiger partial charge on any atom is 0.243 e. The second kappa shape index (κ2) is 9.51. The molecule has 11 heteroatoms. The minimum atomic E-state index is -3.57. The van der Waals surface area contributed by atoms with Crippen LogP contribution in [0.4, 0.5) is 5.13 Å². The van der Waals surface area contributed by atoms with E-state index in [0.717, 1.165) is 31.3 Å². The maximum atomic E-state index is 12.9. The highest BCUT2D eigenvalue weighted by molar-refractivity contribution is 7.89. The van der Waals surface area contributed by atoms with Gasteiger partial charge in [0.1, 0.15) is 5.75 Å². The summed E-state index contributed by atoms with van der Waals surface area (Å²) < 4.78 is 32.3. The molecule has 0 aliphatic carbocycles. The number of nitrogens with zero attached hydrogens (tertiary/aromatic N) is 5. The molecular weight excluding hydrogens is 438 g/mol. The molecule has 0 N–H and O–H groups in total. The van der Waals surface area contributed by atoms with E-state index in [1.807, 2.05) is 11.6 Å². The van der Waals surface area contributed by atoms with E-state index in [9.17, 15) is 13.2 Å². The van der Waals surface area contributed by atoms with Crippen molar-refractivity contribution in [3.8, 4) is 5.75 Å². The first-order valence-electron chi connectivity index (χ1n) is 10.3. The summed E-state index contributed by atoms with van der Waals surface area (Å²) in [4.78, 5) is 23.5. The van der Waals surface area contributed by atoms with Gasteiger partial charge in [-0.05, 0) is 24.3 Å². The van der Waals surface area contributed by atoms with Gasteiger partial charge in [-0.25, -0.2) is 13.4 Å². The molecule has 1 aromatic heterocycles. The summed E-state index contributed by atoms with van der Waals surface area (Å²) in [6.07, 6.45) is 1.81. The second-order valence-corrected chi connectivity index (χ2v) is 10.3. The first-order chi connectivity index (χ1) is 15.0. The third-order valence-electron chi connectivity index (χ3n) is 5.71. The highest BCUT2D eigenvalue weighted by Gasteiger charge is 2.31. The van der Waals surface area contributed by atoms with Gasteiger partial charge in [0.25, 0.3) is 0 Å². The zero-order chi connectivity index (χ0) is 21.8. The number of hydrogen-bond donors (Lipinski definition) is 0. The number of hydrogen-bond acceptors (Lipinski definition) is 8. The van der Waals surface area contributed by atoms with Crippen LogP contribution in [-0.4, -0.2) is 99.4 Å². The SMILES string of the molecule is COc1ccc(S(=O)(=O)N2CCN(C(=O)CN3CCN(c4nccs4)CC3)CC2)cc1. The van der Waals surface area contributed by atoms with E-state index < -0.39 is 10.0 Å². The van der Waals surface area contributed by atoms with Crippen LogP contribution >= 0.6 is 11.3 Å². The lowest BCUT2D eigenvalue weighted by molar-refractivity contribution is -0.133. The van der Waals surface area contributed by atoms with Crippen molar-refractivity contribution in [2.45, 2.75) is 4.90 Å². The predicted molar refractivity (Wildman–Crippen MR) is 119 cm³/mol. The summed E-state index contributed by atoms with van der Waals surface area (Å²) in [5, 5.41) is 3.00. The van der Waals surface area contributed by atoms with Crippen molar-refractivity contribution in [1.29, 1.82) is 0 Å². The minimum absolute atomic E-state index is 0.0594. The summed E-state index contributed by atoms with van der Waals surface area (Å²) in [6.45, 7) is 5.14. The Balaban J connectivity index is 1.26. The topological polar surface area (TPSA) is 86.3 Å². The quantitative estimate of drug-likeness (QED) is 0.624. The molecule has 4 rings (SSSR count). The van der Waals surface area contributed by atoms with Gasteiger partial charge in [0.15, 0.2) is 5.13 Å². The van der Waals surface area contributed by atoms with Gasteiger partial charge in [0, 0.05) is 63.9 Å². The van der Waals surface area contributed by atoms with Crippen molar-refractivity contribution in [2.24, 2.45) is 0 Å². The summed E-state index contributed by atoms with van der Waals surface area (Å²) in [7, 11) is -2.03. The van der Waals surface area contributed by atoms with Gasteiger partial charge < -0.3 is 14.5 Å². The molecule has 1 aromatic carbocycles. The van der Waals surface area contributed by atoms with Gasteiger partial charge in [-0.3, -0.25) is 9.69 Å². The minimum Gasteiger partial charge on any atom is -0.497 e. The number of rotatable bonds is 6. The van der Waals surface area contributed by atoms with Crippen LogP contribution in [0.5, 0.6) is 5.75 Å². The Morgan fingerprint density at radius 3 is 2.29 bits per heavy atom. The second-order valence-electron chi connectivity index (χ2n) is 7.54. The monoisotopic (exact) mass is 465 g/mol. The molecule has 3 heterocycles. The van der Waals surface area contributed by atoms with Crippen LogP contribution in [0.25, 0.3) is 0 Å². The summed E-state index contributed by atoms with van der Waals surface area (Å²) in [6, 6.07) is 6.38. The molecule has 31 heavy (non-hydrogen) atoms. The van der Waals surface area contributed by atoms with Crippen molar-refractivity contribution >= 4 is 32.4 Å². The fourth-order valence-corrected chi connectivity index (χ4v) is 5.95. The van der Waals surface area contributed by atoms with Crippen LogP contribution in [0.15, 0.2) is 40.7 Å². The van der Waals surface area contributed by atoms with Gasteiger partial charge >= 0.3 is 0 Å². The largest absolute Gasteiger partial charge is 0.497 e. The average molecular weight is 466 g/mol. The third-order valence-corrected chi connectivity index (χ3v) is 8.45. The molecule has 0 radical (unpaired) electrons. The zero-order valence-corrected chi connectivity index (χ0v) is 19.1. The van der Waals surface area contributed by atoms with E-state index in [1.54, 1.807) is 47.6 Å². The lowest BCUT2D eigenvalue weighted by Gasteiger charge is -2.37. The van der Waals surface area contributed by atoms with Crippen LogP contribution in [0.2, 0.25) is 0 Å². The normalized spacial score (nSPS) is 18.9. The molecule has 2 aliphatic rings. The van der Waals surface area contributed by atoms with Gasteiger partial charge in [-0.2, -0.15) is 4.31 Å². The van der Waals surface area contributed by atoms with E-state index in [2.05, 4.69) is 14.8 Å². The Labute approximate surface area is 186 Å². The Morgan fingerprint density at radius 2 is 1.71 bits per heavy atom. The number of benzene rings is 1. The van der Waals surface area contributed by atoms with Crippen LogP contribution < -0.4 is 9.64 Å². The number of sulfonamides is 1. The van der Waals surface area contributed by atoms with E-state index in [0.29, 0.717) is 38.5 Å². The standard InChI is InChI=1S/C20H27N5O4S2/c1-29-17-2-4-18(5-3-17)31(27,28)25-13-11-23(12-14-25)19(26)16-22-7-9-24(10-8-22)20-21-6-15-30-20/h2-6,15H,7-14,16H2,1H3. The molecule has 2 fully saturated rings. The highest BCUT2D eigenvalue weighted by atomic mass is 32.2. The zero-order valence-electron chi connectivity index (χ0n) is 17.5. The van der Waals surface area contributed by atoms with Crippen molar-refractivity contribution in [3.63, 3.8) is 0 Å². The fourth-order valence-electron chi connectivity index (χ4n) is 3.84. The molecule has 2 saturated heterocycles. The third kappa shape index (κ3) is 5.00. The van der Waals surface area contributed by atoms with Crippen LogP contribution in [-0.2, 0) is 14.8 Å². The van der Waals surface area contributed by atoms with Gasteiger partial charge in [-0.1, -0.05) is 0 Å². The number of thiazole rings is 1. The number of aromatic nitrogens is 1. The maximum absolute atomic E-state index is 12.9. The van der Waals surface area contributed by atoms with E-state index in [-0.39, 0.29) is 10.8 Å². The van der Waals surface area contributed by atoms with Crippen molar-refractivity contribution in [1.82, 2.24) is 19.1 Å². The lowest BCUT2D eigenvalue weighted by Crippen LogP contribution is -2.54. The van der Waals surface area contributed by atoms with Crippen LogP contribution in [0, 0.1) is 0 Å². The first kappa shape index (κ1) is 22.0. The van der Waals surface area contributed by atoms with Crippen molar-refractivity contribution in [2.75, 3.05) is 70.9 Å². The predicted octanol–water partition coefficient (Wildman–Crippen LogP) is 0.807. The summed E-state index contributed by atoms with van der Waals surface area (Å²) >= 11 is 1.63. The lowest BCUT2D eigenvalue weighted by atomic mass is 10.3. The molecule has 2 aromatic rings. The molecule has 0 bridgehead atoms. The Morgan fingerprint density at radius 1 is 1.03 bits per heavy atom. The van der Waals surface area contributed by atoms with E-state index in [4.69, 9.17) is 4.74 Å². The number of anilines is 1. The number of carbonyl (C=O) groups is 1. The average Bonchev–Trinajstić information content (AvgIpc) is 3.35.